The second-order valence-electron chi connectivity index (χ2n) is 7.29. The molecule has 0 spiro atoms. The van der Waals surface area contributed by atoms with Crippen LogP contribution in [0.25, 0.3) is 0 Å². The molecule has 1 saturated carbocycles. The minimum atomic E-state index is -4.31. The van der Waals surface area contributed by atoms with Gasteiger partial charge in [-0.3, -0.25) is 0 Å². The molecule has 0 amide bonds. The minimum absolute atomic E-state index is 0.104. The quantitative estimate of drug-likeness (QED) is 0.725. The number of rotatable bonds is 1. The highest BCUT2D eigenvalue weighted by molar-refractivity contribution is 5.59. The van der Waals surface area contributed by atoms with Gasteiger partial charge < -0.3 is 10.1 Å². The smallest absolute Gasteiger partial charge is 0.378 e. The highest BCUT2D eigenvalue weighted by atomic mass is 19.4. The Labute approximate surface area is 144 Å². The second-order valence-corrected chi connectivity index (χ2v) is 7.29. The fourth-order valence-electron chi connectivity index (χ4n) is 4.62. The highest BCUT2D eigenvalue weighted by Crippen LogP contribution is 2.56. The standard InChI is InChI=1S/C20H18F3NO/c21-20(22,23)12-6-7-16-14(8-12)13-9-17-18(25-17)10-15(13)19(24-16)11-4-2-1-3-5-11/h1-8,13,15,17-19,24H,9-10H2/t13-,15-,17?,18?,19+/m1/s1. The van der Waals surface area contributed by atoms with E-state index in [2.05, 4.69) is 17.4 Å². The molecule has 5 heteroatoms. The van der Waals surface area contributed by atoms with Crippen LogP contribution < -0.4 is 5.32 Å². The zero-order valence-electron chi connectivity index (χ0n) is 13.5. The summed E-state index contributed by atoms with van der Waals surface area (Å²) in [4.78, 5) is 0. The van der Waals surface area contributed by atoms with E-state index < -0.39 is 11.7 Å². The van der Waals surface area contributed by atoms with Crippen LogP contribution in [0.4, 0.5) is 18.9 Å². The summed E-state index contributed by atoms with van der Waals surface area (Å²) in [6, 6.07) is 14.4. The summed E-state index contributed by atoms with van der Waals surface area (Å²) in [5.41, 5.74) is 2.23. The molecule has 130 valence electrons. The van der Waals surface area contributed by atoms with Gasteiger partial charge in [0.25, 0.3) is 0 Å². The third kappa shape index (κ3) is 2.53. The van der Waals surface area contributed by atoms with E-state index in [-0.39, 0.29) is 30.1 Å². The number of fused-ring (bicyclic) bond motifs is 4. The molecule has 1 aliphatic carbocycles. The SMILES string of the molecule is FC(F)(F)c1ccc2c(c1)[C@H]1CC3OC3C[C@H]1[C@H](c1ccccc1)N2. The van der Waals surface area contributed by atoms with Crippen molar-refractivity contribution >= 4 is 5.69 Å². The van der Waals surface area contributed by atoms with Crippen LogP contribution >= 0.6 is 0 Å². The lowest BCUT2D eigenvalue weighted by Gasteiger charge is -2.43. The summed E-state index contributed by atoms with van der Waals surface area (Å²) in [6.45, 7) is 0. The number of hydrogen-bond acceptors (Lipinski definition) is 2. The molecule has 1 saturated heterocycles. The van der Waals surface area contributed by atoms with E-state index in [4.69, 9.17) is 4.74 Å². The lowest BCUT2D eigenvalue weighted by Crippen LogP contribution is -2.36. The van der Waals surface area contributed by atoms with Crippen LogP contribution in [0.2, 0.25) is 0 Å². The highest BCUT2D eigenvalue weighted by Gasteiger charge is 2.53. The first-order chi connectivity index (χ1) is 12.0. The van der Waals surface area contributed by atoms with Gasteiger partial charge in [-0.2, -0.15) is 13.2 Å². The third-order valence-electron chi connectivity index (χ3n) is 5.87. The van der Waals surface area contributed by atoms with E-state index in [0.717, 1.165) is 24.1 Å². The Morgan fingerprint density at radius 2 is 1.72 bits per heavy atom. The van der Waals surface area contributed by atoms with Gasteiger partial charge in [0.05, 0.1) is 23.8 Å². The van der Waals surface area contributed by atoms with Crippen molar-refractivity contribution in [2.75, 3.05) is 5.32 Å². The maximum atomic E-state index is 13.2. The molecule has 2 unspecified atom stereocenters. The van der Waals surface area contributed by atoms with E-state index in [1.807, 2.05) is 18.2 Å². The molecule has 2 fully saturated rings. The monoisotopic (exact) mass is 345 g/mol. The fourth-order valence-corrected chi connectivity index (χ4v) is 4.62. The van der Waals surface area contributed by atoms with Gasteiger partial charge in [0.2, 0.25) is 0 Å². The van der Waals surface area contributed by atoms with Crippen LogP contribution in [0.15, 0.2) is 48.5 Å². The Bertz CT molecular complexity index is 804. The lowest BCUT2D eigenvalue weighted by molar-refractivity contribution is -0.137. The molecule has 0 radical (unpaired) electrons. The second kappa shape index (κ2) is 5.24. The maximum Gasteiger partial charge on any atom is 0.416 e. The number of hydrogen-bond donors (Lipinski definition) is 1. The molecular formula is C20H18F3NO. The molecule has 2 aromatic rings. The molecule has 1 N–H and O–H groups in total. The maximum absolute atomic E-state index is 13.2. The van der Waals surface area contributed by atoms with Crippen molar-refractivity contribution in [2.24, 2.45) is 5.92 Å². The Kier molecular flexibility index (Phi) is 3.20. The first-order valence-electron chi connectivity index (χ1n) is 8.69. The molecular weight excluding hydrogens is 327 g/mol. The number of ether oxygens (including phenoxy) is 1. The van der Waals surface area contributed by atoms with Gasteiger partial charge >= 0.3 is 6.18 Å². The summed E-state index contributed by atoms with van der Waals surface area (Å²) < 4.78 is 45.2. The first kappa shape index (κ1) is 15.3. The summed E-state index contributed by atoms with van der Waals surface area (Å²) in [7, 11) is 0. The molecule has 3 aliphatic rings. The lowest BCUT2D eigenvalue weighted by atomic mass is 9.68. The van der Waals surface area contributed by atoms with Crippen LogP contribution in [0.5, 0.6) is 0 Å². The van der Waals surface area contributed by atoms with E-state index in [1.165, 1.54) is 17.7 Å². The van der Waals surface area contributed by atoms with E-state index >= 15 is 0 Å². The van der Waals surface area contributed by atoms with E-state index in [1.54, 1.807) is 6.07 Å². The molecule has 0 bridgehead atoms. The van der Waals surface area contributed by atoms with Gasteiger partial charge in [0.1, 0.15) is 0 Å². The summed E-state index contributed by atoms with van der Waals surface area (Å²) in [5, 5.41) is 3.51. The topological polar surface area (TPSA) is 24.6 Å². The fraction of sp³-hybridized carbons (Fsp3) is 0.400. The van der Waals surface area contributed by atoms with Crippen molar-refractivity contribution < 1.29 is 17.9 Å². The number of nitrogens with one attached hydrogen (secondary N) is 1. The van der Waals surface area contributed by atoms with Gasteiger partial charge in [-0.1, -0.05) is 30.3 Å². The number of alkyl halides is 3. The molecule has 2 aromatic carbocycles. The number of anilines is 1. The van der Waals surface area contributed by atoms with Crippen molar-refractivity contribution in [1.29, 1.82) is 0 Å². The Morgan fingerprint density at radius 3 is 2.48 bits per heavy atom. The van der Waals surface area contributed by atoms with Crippen molar-refractivity contribution in [3.05, 3.63) is 65.2 Å². The molecule has 25 heavy (non-hydrogen) atoms. The van der Waals surface area contributed by atoms with Crippen molar-refractivity contribution in [3.8, 4) is 0 Å². The van der Waals surface area contributed by atoms with E-state index in [9.17, 15) is 13.2 Å². The Morgan fingerprint density at radius 1 is 0.960 bits per heavy atom. The number of halogens is 3. The van der Waals surface area contributed by atoms with Crippen LogP contribution in [-0.4, -0.2) is 12.2 Å². The van der Waals surface area contributed by atoms with Crippen molar-refractivity contribution in [3.63, 3.8) is 0 Å². The Hall–Kier alpha value is -2.01. The Balaban J connectivity index is 1.59. The molecule has 2 heterocycles. The third-order valence-corrected chi connectivity index (χ3v) is 5.87. The number of benzene rings is 2. The summed E-state index contributed by atoms with van der Waals surface area (Å²) in [5.74, 6) is 0.356. The number of epoxide rings is 1. The van der Waals surface area contributed by atoms with Gasteiger partial charge in [-0.05, 0) is 54.0 Å². The predicted molar refractivity (Wildman–Crippen MR) is 88.4 cm³/mol. The van der Waals surface area contributed by atoms with Crippen LogP contribution in [0, 0.1) is 5.92 Å². The largest absolute Gasteiger partial charge is 0.416 e. The summed E-state index contributed by atoms with van der Waals surface area (Å²) >= 11 is 0. The average Bonchev–Trinajstić information content (AvgIpc) is 3.37. The van der Waals surface area contributed by atoms with Gasteiger partial charge in [-0.25, -0.2) is 0 Å². The molecule has 2 aliphatic heterocycles. The molecule has 2 nitrogen and oxygen atoms in total. The normalized spacial score (nSPS) is 32.8. The zero-order chi connectivity index (χ0) is 17.2. The van der Waals surface area contributed by atoms with Crippen LogP contribution in [-0.2, 0) is 10.9 Å². The van der Waals surface area contributed by atoms with Gasteiger partial charge in [-0.15, -0.1) is 0 Å². The predicted octanol–water partition coefficient (Wildman–Crippen LogP) is 5.13. The van der Waals surface area contributed by atoms with Gasteiger partial charge in [0, 0.05) is 5.69 Å². The van der Waals surface area contributed by atoms with Gasteiger partial charge in [0.15, 0.2) is 0 Å². The first-order valence-corrected chi connectivity index (χ1v) is 8.69. The van der Waals surface area contributed by atoms with Crippen molar-refractivity contribution in [2.45, 2.75) is 43.2 Å². The average molecular weight is 345 g/mol. The zero-order valence-corrected chi connectivity index (χ0v) is 13.5. The van der Waals surface area contributed by atoms with Crippen molar-refractivity contribution in [1.82, 2.24) is 0 Å². The van der Waals surface area contributed by atoms with Crippen LogP contribution in [0.1, 0.15) is 41.5 Å². The van der Waals surface area contributed by atoms with Crippen LogP contribution in [0.3, 0.4) is 0 Å². The van der Waals surface area contributed by atoms with E-state index in [0.29, 0.717) is 0 Å². The molecule has 5 rings (SSSR count). The molecule has 0 aromatic heterocycles. The minimum Gasteiger partial charge on any atom is -0.378 e. The summed E-state index contributed by atoms with van der Waals surface area (Å²) in [6.07, 6.45) is -2.10. The molecule has 5 atom stereocenters.